The largest absolute Gasteiger partial charge is 0.488 e. The molecule has 3 heterocycles. The van der Waals surface area contributed by atoms with Crippen molar-refractivity contribution in [1.82, 2.24) is 19.5 Å². The summed E-state index contributed by atoms with van der Waals surface area (Å²) in [5, 5.41) is -0.137. The Morgan fingerprint density at radius 2 is 2.16 bits per heavy atom. The van der Waals surface area contributed by atoms with Crippen molar-refractivity contribution in [3.05, 3.63) is 35.0 Å². The van der Waals surface area contributed by atoms with Gasteiger partial charge in [0, 0.05) is 7.11 Å². The molecule has 0 bridgehead atoms. The molecule has 2 aromatic heterocycles. The van der Waals surface area contributed by atoms with Crippen LogP contribution in [0.3, 0.4) is 0 Å². The van der Waals surface area contributed by atoms with E-state index in [0.717, 1.165) is 12.3 Å². The number of hydrogen-bond acceptors (Lipinski definition) is 5. The summed E-state index contributed by atoms with van der Waals surface area (Å²) in [7, 11) is 1.54. The first-order valence-corrected chi connectivity index (χ1v) is 7.92. The summed E-state index contributed by atoms with van der Waals surface area (Å²) in [6.07, 6.45) is 0.943. The topological polar surface area (TPSA) is 62.1 Å². The van der Waals surface area contributed by atoms with Crippen LogP contribution in [0.2, 0.25) is 5.28 Å². The van der Waals surface area contributed by atoms with Gasteiger partial charge in [-0.05, 0) is 24.6 Å². The summed E-state index contributed by atoms with van der Waals surface area (Å²) in [6.45, 7) is 2.48. The standard InChI is InChI=1S/C16H13ClF2N4O2/c1-7-5-25-15-8(12-10(19)4-20-16(17)22-12)3-9(18)13-14(15)23(7)11(21-13)6-24-2/h3-4,7H,5-6H2,1-2H3/t7-/m0/s1. The highest BCUT2D eigenvalue weighted by Gasteiger charge is 2.30. The van der Waals surface area contributed by atoms with Gasteiger partial charge in [0.2, 0.25) is 5.28 Å². The van der Waals surface area contributed by atoms with E-state index in [1.54, 1.807) is 0 Å². The summed E-state index contributed by atoms with van der Waals surface area (Å²) in [5.74, 6) is -0.425. The van der Waals surface area contributed by atoms with Crippen molar-refractivity contribution >= 4 is 22.6 Å². The van der Waals surface area contributed by atoms with Gasteiger partial charge >= 0.3 is 0 Å². The Morgan fingerprint density at radius 3 is 2.92 bits per heavy atom. The van der Waals surface area contributed by atoms with Gasteiger partial charge in [-0.2, -0.15) is 0 Å². The van der Waals surface area contributed by atoms with Crippen LogP contribution in [0, 0.1) is 11.6 Å². The summed E-state index contributed by atoms with van der Waals surface area (Å²) in [4.78, 5) is 11.8. The fourth-order valence-electron chi connectivity index (χ4n) is 3.09. The highest BCUT2D eigenvalue weighted by molar-refractivity contribution is 6.28. The maximum Gasteiger partial charge on any atom is 0.223 e. The molecule has 0 spiro atoms. The number of hydrogen-bond donors (Lipinski definition) is 0. The first kappa shape index (κ1) is 16.2. The molecule has 0 saturated carbocycles. The SMILES string of the molecule is COCc1nc2c(F)cc(-c3nc(Cl)ncc3F)c3c2n1[C@@H](C)CO3. The summed E-state index contributed by atoms with van der Waals surface area (Å²) in [6, 6.07) is 1.08. The summed E-state index contributed by atoms with van der Waals surface area (Å²) >= 11 is 5.78. The van der Waals surface area contributed by atoms with E-state index in [0.29, 0.717) is 23.7 Å². The predicted molar refractivity (Wildman–Crippen MR) is 86.6 cm³/mol. The zero-order valence-corrected chi connectivity index (χ0v) is 14.1. The number of methoxy groups -OCH3 is 1. The van der Waals surface area contributed by atoms with E-state index in [9.17, 15) is 8.78 Å². The molecule has 3 aromatic rings. The lowest BCUT2D eigenvalue weighted by molar-refractivity contribution is 0.167. The number of nitrogens with zero attached hydrogens (tertiary/aromatic N) is 4. The monoisotopic (exact) mass is 366 g/mol. The molecule has 0 radical (unpaired) electrons. The highest BCUT2D eigenvalue weighted by Crippen LogP contribution is 2.42. The minimum absolute atomic E-state index is 0.0730. The molecule has 0 N–H and O–H groups in total. The third kappa shape index (κ3) is 2.44. The third-order valence-corrected chi connectivity index (χ3v) is 4.28. The Labute approximate surface area is 146 Å². The van der Waals surface area contributed by atoms with E-state index in [1.807, 2.05) is 11.5 Å². The van der Waals surface area contributed by atoms with Crippen molar-refractivity contribution in [2.75, 3.05) is 13.7 Å². The van der Waals surface area contributed by atoms with Gasteiger partial charge in [0.1, 0.15) is 35.8 Å². The van der Waals surface area contributed by atoms with Crippen molar-refractivity contribution in [1.29, 1.82) is 0 Å². The number of rotatable bonds is 3. The zero-order valence-electron chi connectivity index (χ0n) is 13.4. The van der Waals surface area contributed by atoms with Gasteiger partial charge < -0.3 is 14.0 Å². The van der Waals surface area contributed by atoms with Gasteiger partial charge in [-0.1, -0.05) is 0 Å². The molecule has 0 aliphatic carbocycles. The Kier molecular flexibility index (Phi) is 3.81. The molecule has 1 aliphatic rings. The zero-order chi connectivity index (χ0) is 17.7. The molecular formula is C16H13ClF2N4O2. The molecule has 130 valence electrons. The molecule has 25 heavy (non-hydrogen) atoms. The van der Waals surface area contributed by atoms with Crippen molar-refractivity contribution in [3.63, 3.8) is 0 Å². The maximum absolute atomic E-state index is 14.7. The quantitative estimate of drug-likeness (QED) is 0.664. The molecule has 1 aliphatic heterocycles. The van der Waals surface area contributed by atoms with E-state index >= 15 is 0 Å². The molecule has 0 unspecified atom stereocenters. The van der Waals surface area contributed by atoms with Gasteiger partial charge in [-0.25, -0.2) is 23.7 Å². The molecule has 0 amide bonds. The van der Waals surface area contributed by atoms with E-state index < -0.39 is 11.6 Å². The normalized spacial score (nSPS) is 16.3. The van der Waals surface area contributed by atoms with Gasteiger partial charge in [-0.3, -0.25) is 0 Å². The number of imidazole rings is 1. The maximum atomic E-state index is 14.7. The van der Waals surface area contributed by atoms with Crippen LogP contribution in [0.4, 0.5) is 8.78 Å². The minimum Gasteiger partial charge on any atom is -0.488 e. The second-order valence-corrected chi connectivity index (χ2v) is 6.10. The molecule has 0 saturated heterocycles. The Balaban J connectivity index is 2.07. The average molecular weight is 367 g/mol. The number of benzene rings is 1. The highest BCUT2D eigenvalue weighted by atomic mass is 35.5. The van der Waals surface area contributed by atoms with Crippen LogP contribution in [-0.2, 0) is 11.3 Å². The van der Waals surface area contributed by atoms with E-state index in [4.69, 9.17) is 21.1 Å². The van der Waals surface area contributed by atoms with Crippen LogP contribution in [-0.4, -0.2) is 33.2 Å². The Morgan fingerprint density at radius 1 is 1.36 bits per heavy atom. The first-order chi connectivity index (χ1) is 12.0. The number of ether oxygens (including phenoxy) is 2. The summed E-state index contributed by atoms with van der Waals surface area (Å²) < 4.78 is 41.7. The molecule has 6 nitrogen and oxygen atoms in total. The van der Waals surface area contributed by atoms with E-state index in [-0.39, 0.29) is 34.7 Å². The van der Waals surface area contributed by atoms with Crippen LogP contribution in [0.15, 0.2) is 12.3 Å². The van der Waals surface area contributed by atoms with E-state index in [1.165, 1.54) is 7.11 Å². The van der Waals surface area contributed by atoms with Gasteiger partial charge in [0.15, 0.2) is 17.4 Å². The molecule has 4 rings (SSSR count). The van der Waals surface area contributed by atoms with Crippen molar-refractivity contribution < 1.29 is 18.3 Å². The molecular weight excluding hydrogens is 354 g/mol. The lowest BCUT2D eigenvalue weighted by atomic mass is 10.1. The van der Waals surface area contributed by atoms with Crippen molar-refractivity contribution in [3.8, 4) is 17.0 Å². The second kappa shape index (κ2) is 5.89. The van der Waals surface area contributed by atoms with Gasteiger partial charge in [0.05, 0.1) is 17.8 Å². The first-order valence-electron chi connectivity index (χ1n) is 7.54. The Hall–Kier alpha value is -2.32. The Bertz CT molecular complexity index is 992. The predicted octanol–water partition coefficient (Wildman–Crippen LogP) is 3.52. The number of aromatic nitrogens is 4. The molecule has 9 heteroatoms. The van der Waals surface area contributed by atoms with Crippen LogP contribution in [0.1, 0.15) is 18.8 Å². The van der Waals surface area contributed by atoms with Crippen LogP contribution < -0.4 is 4.74 Å². The number of halogens is 3. The van der Waals surface area contributed by atoms with Crippen molar-refractivity contribution in [2.24, 2.45) is 0 Å². The molecule has 1 aromatic carbocycles. The second-order valence-electron chi connectivity index (χ2n) is 5.76. The molecule has 1 atom stereocenters. The van der Waals surface area contributed by atoms with Crippen molar-refractivity contribution in [2.45, 2.75) is 19.6 Å². The van der Waals surface area contributed by atoms with Crippen LogP contribution in [0.25, 0.3) is 22.3 Å². The summed E-state index contributed by atoms with van der Waals surface area (Å²) in [5.41, 5.74) is 0.656. The van der Waals surface area contributed by atoms with Crippen LogP contribution >= 0.6 is 11.6 Å². The lowest BCUT2D eigenvalue weighted by Crippen LogP contribution is -2.22. The smallest absolute Gasteiger partial charge is 0.223 e. The van der Waals surface area contributed by atoms with Gasteiger partial charge in [-0.15, -0.1) is 0 Å². The molecule has 0 fully saturated rings. The lowest BCUT2D eigenvalue weighted by Gasteiger charge is -2.26. The fraction of sp³-hybridized carbons (Fsp3) is 0.312. The average Bonchev–Trinajstić information content (AvgIpc) is 2.97. The van der Waals surface area contributed by atoms with Gasteiger partial charge in [0.25, 0.3) is 0 Å². The third-order valence-electron chi connectivity index (χ3n) is 4.09. The van der Waals surface area contributed by atoms with Crippen LogP contribution in [0.5, 0.6) is 5.75 Å². The fourth-order valence-corrected chi connectivity index (χ4v) is 3.22. The minimum atomic E-state index is -0.718. The van der Waals surface area contributed by atoms with E-state index in [2.05, 4.69) is 15.0 Å².